The number of benzene rings is 1. The number of hydrogen-bond donors (Lipinski definition) is 0. The van der Waals surface area contributed by atoms with Gasteiger partial charge in [-0.25, -0.2) is 0 Å². The molecule has 2 atom stereocenters. The van der Waals surface area contributed by atoms with Crippen LogP contribution in [0.15, 0.2) is 43.0 Å². The van der Waals surface area contributed by atoms with Gasteiger partial charge in [-0.2, -0.15) is 0 Å². The molecule has 68 valence electrons. The maximum atomic E-state index is 5.49. The molecule has 0 spiro atoms. The minimum atomic E-state index is 0.198. The molecule has 2 unspecified atom stereocenters. The predicted octanol–water partition coefficient (Wildman–Crippen LogP) is 2.02. The number of hydrogen-bond acceptors (Lipinski definition) is 2. The molecule has 0 amide bonds. The van der Waals surface area contributed by atoms with Gasteiger partial charge in [-0.05, 0) is 12.1 Å². The van der Waals surface area contributed by atoms with E-state index in [1.807, 2.05) is 30.3 Å². The van der Waals surface area contributed by atoms with Crippen molar-refractivity contribution >= 4 is 0 Å². The summed E-state index contributed by atoms with van der Waals surface area (Å²) >= 11 is 0. The first-order valence-electron chi connectivity index (χ1n) is 4.36. The summed E-state index contributed by atoms with van der Waals surface area (Å²) in [5.74, 6) is 0.890. The number of epoxide rings is 1. The highest BCUT2D eigenvalue weighted by atomic mass is 16.6. The van der Waals surface area contributed by atoms with Gasteiger partial charge in [0.15, 0.2) is 0 Å². The van der Waals surface area contributed by atoms with Crippen LogP contribution in [-0.2, 0) is 4.74 Å². The largest absolute Gasteiger partial charge is 0.491 e. The molecule has 0 aromatic heterocycles. The third-order valence-electron chi connectivity index (χ3n) is 2.01. The average molecular weight is 176 g/mol. The van der Waals surface area contributed by atoms with Gasteiger partial charge in [0.1, 0.15) is 24.6 Å². The van der Waals surface area contributed by atoms with Crippen LogP contribution < -0.4 is 4.74 Å². The van der Waals surface area contributed by atoms with Gasteiger partial charge in [-0.1, -0.05) is 24.3 Å². The summed E-state index contributed by atoms with van der Waals surface area (Å²) < 4.78 is 10.7. The van der Waals surface area contributed by atoms with E-state index in [9.17, 15) is 0 Å². The van der Waals surface area contributed by atoms with Crippen LogP contribution in [0.5, 0.6) is 5.75 Å². The van der Waals surface area contributed by atoms with Crippen LogP contribution in [0, 0.1) is 0 Å². The molecule has 1 aromatic carbocycles. The molecule has 0 bridgehead atoms. The third kappa shape index (κ3) is 2.10. The Labute approximate surface area is 77.8 Å². The Morgan fingerprint density at radius 2 is 2.15 bits per heavy atom. The Morgan fingerprint density at radius 1 is 1.38 bits per heavy atom. The monoisotopic (exact) mass is 176 g/mol. The van der Waals surface area contributed by atoms with Crippen molar-refractivity contribution in [1.29, 1.82) is 0 Å². The number of ether oxygens (including phenoxy) is 2. The van der Waals surface area contributed by atoms with Crippen molar-refractivity contribution in [2.45, 2.75) is 12.2 Å². The van der Waals surface area contributed by atoms with E-state index >= 15 is 0 Å². The maximum absolute atomic E-state index is 5.49. The highest BCUT2D eigenvalue weighted by Gasteiger charge is 2.36. The van der Waals surface area contributed by atoms with Crippen molar-refractivity contribution in [1.82, 2.24) is 0 Å². The Bertz CT molecular complexity index is 281. The zero-order valence-corrected chi connectivity index (χ0v) is 7.35. The van der Waals surface area contributed by atoms with Crippen LogP contribution in [-0.4, -0.2) is 18.8 Å². The molecule has 1 aromatic rings. The van der Waals surface area contributed by atoms with Gasteiger partial charge in [0.2, 0.25) is 0 Å². The van der Waals surface area contributed by atoms with Crippen LogP contribution in [0.1, 0.15) is 0 Å². The highest BCUT2D eigenvalue weighted by molar-refractivity contribution is 5.21. The van der Waals surface area contributed by atoms with Crippen molar-refractivity contribution in [3.05, 3.63) is 43.0 Å². The highest BCUT2D eigenvalue weighted by Crippen LogP contribution is 2.23. The lowest BCUT2D eigenvalue weighted by Crippen LogP contribution is -2.06. The predicted molar refractivity (Wildman–Crippen MR) is 50.8 cm³/mol. The summed E-state index contributed by atoms with van der Waals surface area (Å²) in [5, 5.41) is 0. The molecule has 1 heterocycles. The summed E-state index contributed by atoms with van der Waals surface area (Å²) in [6.45, 7) is 4.26. The zero-order chi connectivity index (χ0) is 9.10. The van der Waals surface area contributed by atoms with Crippen molar-refractivity contribution < 1.29 is 9.47 Å². The quantitative estimate of drug-likeness (QED) is 0.517. The first-order valence-corrected chi connectivity index (χ1v) is 4.36. The van der Waals surface area contributed by atoms with Crippen molar-refractivity contribution in [3.8, 4) is 5.75 Å². The van der Waals surface area contributed by atoms with Crippen LogP contribution in [0.4, 0.5) is 0 Å². The number of para-hydroxylation sites is 1. The fourth-order valence-corrected chi connectivity index (χ4v) is 1.19. The SMILES string of the molecule is C=CC1OC1COc1ccccc1. The molecule has 2 rings (SSSR count). The fourth-order valence-electron chi connectivity index (χ4n) is 1.19. The lowest BCUT2D eigenvalue weighted by atomic mass is 10.3. The van der Waals surface area contributed by atoms with Gasteiger partial charge in [0, 0.05) is 0 Å². The van der Waals surface area contributed by atoms with Crippen molar-refractivity contribution in [3.63, 3.8) is 0 Å². The smallest absolute Gasteiger partial charge is 0.122 e. The van der Waals surface area contributed by atoms with Gasteiger partial charge in [0.05, 0.1) is 0 Å². The molecule has 1 saturated heterocycles. The van der Waals surface area contributed by atoms with E-state index < -0.39 is 0 Å². The second kappa shape index (κ2) is 3.62. The molecule has 0 N–H and O–H groups in total. The molecule has 1 fully saturated rings. The van der Waals surface area contributed by atoms with Crippen LogP contribution in [0.25, 0.3) is 0 Å². The number of rotatable bonds is 4. The van der Waals surface area contributed by atoms with Gasteiger partial charge in [-0.3, -0.25) is 0 Å². The summed E-state index contributed by atoms with van der Waals surface area (Å²) in [6.07, 6.45) is 2.21. The summed E-state index contributed by atoms with van der Waals surface area (Å²) in [5.41, 5.74) is 0. The summed E-state index contributed by atoms with van der Waals surface area (Å²) in [7, 11) is 0. The molecule has 2 nitrogen and oxygen atoms in total. The topological polar surface area (TPSA) is 21.8 Å². The molecular weight excluding hydrogens is 164 g/mol. The Morgan fingerprint density at radius 3 is 2.77 bits per heavy atom. The van der Waals surface area contributed by atoms with E-state index in [0.717, 1.165) is 5.75 Å². The first kappa shape index (κ1) is 8.32. The lowest BCUT2D eigenvalue weighted by molar-refractivity contribution is 0.261. The summed E-state index contributed by atoms with van der Waals surface area (Å²) in [6, 6.07) is 9.74. The molecule has 13 heavy (non-hydrogen) atoms. The molecular formula is C11H12O2. The molecule has 0 aliphatic carbocycles. The Kier molecular flexibility index (Phi) is 2.32. The summed E-state index contributed by atoms with van der Waals surface area (Å²) in [4.78, 5) is 0. The third-order valence-corrected chi connectivity index (χ3v) is 2.01. The normalized spacial score (nSPS) is 25.2. The Balaban J connectivity index is 1.78. The zero-order valence-electron chi connectivity index (χ0n) is 7.35. The standard InChI is InChI=1S/C11H12O2/c1-2-10-11(13-10)8-12-9-6-4-3-5-7-9/h2-7,10-11H,1,8H2. The van der Waals surface area contributed by atoms with Crippen LogP contribution in [0.2, 0.25) is 0 Å². The Hall–Kier alpha value is -1.28. The molecule has 1 aliphatic rings. The first-order chi connectivity index (χ1) is 6.40. The molecule has 2 heteroatoms. The second-order valence-corrected chi connectivity index (χ2v) is 3.00. The van der Waals surface area contributed by atoms with Gasteiger partial charge >= 0.3 is 0 Å². The van der Waals surface area contributed by atoms with E-state index in [1.54, 1.807) is 6.08 Å². The second-order valence-electron chi connectivity index (χ2n) is 3.00. The van der Waals surface area contributed by atoms with Crippen LogP contribution >= 0.6 is 0 Å². The van der Waals surface area contributed by atoms with E-state index in [1.165, 1.54) is 0 Å². The lowest BCUT2D eigenvalue weighted by Gasteiger charge is -2.02. The van der Waals surface area contributed by atoms with Gasteiger partial charge in [0.25, 0.3) is 0 Å². The van der Waals surface area contributed by atoms with E-state index in [0.29, 0.717) is 6.61 Å². The molecule has 0 saturated carbocycles. The fraction of sp³-hybridized carbons (Fsp3) is 0.273. The average Bonchev–Trinajstić information content (AvgIpc) is 2.95. The van der Waals surface area contributed by atoms with E-state index in [-0.39, 0.29) is 12.2 Å². The van der Waals surface area contributed by atoms with E-state index in [4.69, 9.17) is 9.47 Å². The van der Waals surface area contributed by atoms with Gasteiger partial charge in [-0.15, -0.1) is 6.58 Å². The van der Waals surface area contributed by atoms with Gasteiger partial charge < -0.3 is 9.47 Å². The minimum Gasteiger partial charge on any atom is -0.491 e. The molecule has 1 aliphatic heterocycles. The molecule has 0 radical (unpaired) electrons. The van der Waals surface area contributed by atoms with Crippen molar-refractivity contribution in [2.24, 2.45) is 0 Å². The minimum absolute atomic E-state index is 0.198. The van der Waals surface area contributed by atoms with E-state index in [2.05, 4.69) is 6.58 Å². The maximum Gasteiger partial charge on any atom is 0.122 e. The van der Waals surface area contributed by atoms with Crippen molar-refractivity contribution in [2.75, 3.05) is 6.61 Å². The van der Waals surface area contributed by atoms with Crippen LogP contribution in [0.3, 0.4) is 0 Å².